The lowest BCUT2D eigenvalue weighted by Crippen LogP contribution is -2.19. The predicted molar refractivity (Wildman–Crippen MR) is 71.6 cm³/mol. The Balaban J connectivity index is 2.71. The quantitative estimate of drug-likeness (QED) is 0.601. The minimum absolute atomic E-state index is 0.644. The third-order valence-corrected chi connectivity index (χ3v) is 2.87. The Labute approximate surface area is 108 Å². The van der Waals surface area contributed by atoms with Crippen LogP contribution in [0.15, 0.2) is 12.1 Å². The number of alkyl halides is 1. The summed E-state index contributed by atoms with van der Waals surface area (Å²) in [5.41, 5.74) is 2.49. The summed E-state index contributed by atoms with van der Waals surface area (Å²) >= 11 is 5.60. The molecule has 0 amide bonds. The second-order valence-corrected chi connectivity index (χ2v) is 4.20. The second kappa shape index (κ2) is 7.41. The van der Waals surface area contributed by atoms with Gasteiger partial charge in [-0.3, -0.25) is 0 Å². The molecule has 96 valence electrons. The van der Waals surface area contributed by atoms with Gasteiger partial charge in [0.05, 0.1) is 14.2 Å². The van der Waals surface area contributed by atoms with Crippen LogP contribution < -0.4 is 14.8 Å². The van der Waals surface area contributed by atoms with Crippen molar-refractivity contribution in [2.75, 3.05) is 33.2 Å². The molecule has 0 aliphatic carbocycles. The van der Waals surface area contributed by atoms with E-state index in [0.717, 1.165) is 31.0 Å². The number of nitrogens with one attached hydrogen (secondary N) is 1. The van der Waals surface area contributed by atoms with Crippen molar-refractivity contribution in [2.24, 2.45) is 0 Å². The molecule has 0 unspecified atom stereocenters. The number of hydrogen-bond donors (Lipinski definition) is 1. The number of rotatable bonds is 7. The molecule has 0 heterocycles. The number of benzene rings is 1. The van der Waals surface area contributed by atoms with Crippen molar-refractivity contribution in [1.29, 1.82) is 0 Å². The monoisotopic (exact) mass is 257 g/mol. The maximum absolute atomic E-state index is 5.60. The molecule has 0 aliphatic rings. The van der Waals surface area contributed by atoms with Crippen LogP contribution in [0.2, 0.25) is 0 Å². The standard InChI is InChI=1S/C13H20ClNO2/c1-10-8-12(16-2)13(17-3)9-11(10)4-6-15-7-5-14/h8-9,15H,4-7H2,1-3H3. The van der Waals surface area contributed by atoms with Gasteiger partial charge in [-0.05, 0) is 43.1 Å². The van der Waals surface area contributed by atoms with E-state index < -0.39 is 0 Å². The molecule has 1 rings (SSSR count). The fourth-order valence-electron chi connectivity index (χ4n) is 1.71. The highest BCUT2D eigenvalue weighted by molar-refractivity contribution is 6.18. The van der Waals surface area contributed by atoms with Crippen LogP contribution >= 0.6 is 11.6 Å². The van der Waals surface area contributed by atoms with E-state index in [-0.39, 0.29) is 0 Å². The van der Waals surface area contributed by atoms with E-state index in [9.17, 15) is 0 Å². The number of hydrogen-bond acceptors (Lipinski definition) is 3. The first-order valence-corrected chi connectivity index (χ1v) is 6.24. The Bertz CT molecular complexity index is 356. The molecule has 0 radical (unpaired) electrons. The van der Waals surface area contributed by atoms with Crippen molar-refractivity contribution < 1.29 is 9.47 Å². The number of methoxy groups -OCH3 is 2. The Morgan fingerprint density at radius 1 is 1.12 bits per heavy atom. The van der Waals surface area contributed by atoms with Crippen LogP contribution in [-0.2, 0) is 6.42 Å². The molecule has 0 aliphatic heterocycles. The highest BCUT2D eigenvalue weighted by Gasteiger charge is 2.07. The van der Waals surface area contributed by atoms with Gasteiger partial charge in [-0.15, -0.1) is 11.6 Å². The number of aryl methyl sites for hydroxylation is 1. The number of halogens is 1. The van der Waals surface area contributed by atoms with Crippen LogP contribution in [0.25, 0.3) is 0 Å². The Hall–Kier alpha value is -0.930. The molecule has 0 bridgehead atoms. The maximum atomic E-state index is 5.60. The molecular weight excluding hydrogens is 238 g/mol. The van der Waals surface area contributed by atoms with Gasteiger partial charge in [-0.1, -0.05) is 0 Å². The Kier molecular flexibility index (Phi) is 6.16. The normalized spacial score (nSPS) is 10.4. The van der Waals surface area contributed by atoms with Gasteiger partial charge in [0.15, 0.2) is 11.5 Å². The molecule has 3 nitrogen and oxygen atoms in total. The average molecular weight is 258 g/mol. The van der Waals surface area contributed by atoms with Crippen molar-refractivity contribution in [1.82, 2.24) is 5.32 Å². The number of ether oxygens (including phenoxy) is 2. The summed E-state index contributed by atoms with van der Waals surface area (Å²) < 4.78 is 10.5. The summed E-state index contributed by atoms with van der Waals surface area (Å²) in [4.78, 5) is 0. The van der Waals surface area contributed by atoms with Gasteiger partial charge >= 0.3 is 0 Å². The van der Waals surface area contributed by atoms with Crippen LogP contribution in [-0.4, -0.2) is 33.2 Å². The summed E-state index contributed by atoms with van der Waals surface area (Å²) in [6.07, 6.45) is 0.961. The summed E-state index contributed by atoms with van der Waals surface area (Å²) in [5, 5.41) is 3.27. The smallest absolute Gasteiger partial charge is 0.161 e. The fourth-order valence-corrected chi connectivity index (χ4v) is 1.84. The minimum Gasteiger partial charge on any atom is -0.493 e. The Morgan fingerprint density at radius 2 is 1.76 bits per heavy atom. The third kappa shape index (κ3) is 4.10. The third-order valence-electron chi connectivity index (χ3n) is 2.68. The van der Waals surface area contributed by atoms with Crippen LogP contribution in [0.4, 0.5) is 0 Å². The zero-order chi connectivity index (χ0) is 12.7. The molecule has 0 fully saturated rings. The lowest BCUT2D eigenvalue weighted by atomic mass is 10.0. The highest BCUT2D eigenvalue weighted by Crippen LogP contribution is 2.30. The molecule has 0 aromatic heterocycles. The molecule has 0 saturated heterocycles. The van der Waals surface area contributed by atoms with E-state index in [1.165, 1.54) is 11.1 Å². The summed E-state index contributed by atoms with van der Waals surface area (Å²) in [7, 11) is 3.31. The lowest BCUT2D eigenvalue weighted by molar-refractivity contribution is 0.354. The SMILES string of the molecule is COc1cc(C)c(CCNCCCl)cc1OC. The van der Waals surface area contributed by atoms with E-state index >= 15 is 0 Å². The van der Waals surface area contributed by atoms with Gasteiger partial charge in [0.2, 0.25) is 0 Å². The fraction of sp³-hybridized carbons (Fsp3) is 0.538. The lowest BCUT2D eigenvalue weighted by Gasteiger charge is -2.12. The van der Waals surface area contributed by atoms with Crippen LogP contribution in [0.3, 0.4) is 0 Å². The van der Waals surface area contributed by atoms with E-state index in [0.29, 0.717) is 5.88 Å². The average Bonchev–Trinajstić information content (AvgIpc) is 2.35. The zero-order valence-corrected chi connectivity index (χ0v) is 11.4. The largest absolute Gasteiger partial charge is 0.493 e. The minimum atomic E-state index is 0.644. The highest BCUT2D eigenvalue weighted by atomic mass is 35.5. The molecule has 0 atom stereocenters. The van der Waals surface area contributed by atoms with Crippen LogP contribution in [0, 0.1) is 6.92 Å². The summed E-state index contributed by atoms with van der Waals surface area (Å²) in [5.74, 6) is 2.21. The summed E-state index contributed by atoms with van der Waals surface area (Å²) in [6.45, 7) is 3.84. The Morgan fingerprint density at radius 3 is 2.35 bits per heavy atom. The second-order valence-electron chi connectivity index (χ2n) is 3.82. The van der Waals surface area contributed by atoms with Crippen molar-refractivity contribution in [3.8, 4) is 11.5 Å². The van der Waals surface area contributed by atoms with Gasteiger partial charge in [0, 0.05) is 12.4 Å². The first-order chi connectivity index (χ1) is 8.22. The van der Waals surface area contributed by atoms with Crippen LogP contribution in [0.5, 0.6) is 11.5 Å². The van der Waals surface area contributed by atoms with E-state index in [1.54, 1.807) is 14.2 Å². The van der Waals surface area contributed by atoms with Gasteiger partial charge in [0.25, 0.3) is 0 Å². The summed E-state index contributed by atoms with van der Waals surface area (Å²) in [6, 6.07) is 4.05. The first-order valence-electron chi connectivity index (χ1n) is 5.71. The van der Waals surface area contributed by atoms with Gasteiger partial charge in [-0.2, -0.15) is 0 Å². The molecule has 1 N–H and O–H groups in total. The van der Waals surface area contributed by atoms with E-state index in [1.807, 2.05) is 12.1 Å². The van der Waals surface area contributed by atoms with Crippen molar-refractivity contribution in [3.63, 3.8) is 0 Å². The van der Waals surface area contributed by atoms with Gasteiger partial charge in [-0.25, -0.2) is 0 Å². The first kappa shape index (κ1) is 14.1. The van der Waals surface area contributed by atoms with E-state index in [2.05, 4.69) is 12.2 Å². The molecule has 0 spiro atoms. The predicted octanol–water partition coefficient (Wildman–Crippen LogP) is 2.38. The molecule has 1 aromatic carbocycles. The van der Waals surface area contributed by atoms with Gasteiger partial charge in [0.1, 0.15) is 0 Å². The maximum Gasteiger partial charge on any atom is 0.161 e. The zero-order valence-electron chi connectivity index (χ0n) is 10.7. The molecule has 0 saturated carbocycles. The van der Waals surface area contributed by atoms with Crippen LogP contribution in [0.1, 0.15) is 11.1 Å². The van der Waals surface area contributed by atoms with Crippen molar-refractivity contribution in [2.45, 2.75) is 13.3 Å². The molecule has 1 aromatic rings. The van der Waals surface area contributed by atoms with Crippen molar-refractivity contribution >= 4 is 11.6 Å². The van der Waals surface area contributed by atoms with E-state index in [4.69, 9.17) is 21.1 Å². The van der Waals surface area contributed by atoms with Crippen molar-refractivity contribution in [3.05, 3.63) is 23.3 Å². The molecule has 17 heavy (non-hydrogen) atoms. The topological polar surface area (TPSA) is 30.5 Å². The van der Waals surface area contributed by atoms with Gasteiger partial charge < -0.3 is 14.8 Å². The molecule has 4 heteroatoms. The molecular formula is C13H20ClNO2.